The number of benzene rings is 1. The standard InChI is InChI=1S/C15H14N2O2/c1-18-13-4-3-10(8-14(13)19-2)12-7-11-5-6-16-15(11)17-9-12/h3-9H,1-2H3,(H,16,17). The van der Waals surface area contributed by atoms with Crippen molar-refractivity contribution < 1.29 is 9.47 Å². The second-order valence-corrected chi connectivity index (χ2v) is 4.21. The number of H-pyrrole nitrogens is 1. The summed E-state index contributed by atoms with van der Waals surface area (Å²) in [5, 5.41) is 1.09. The summed E-state index contributed by atoms with van der Waals surface area (Å²) in [6.07, 6.45) is 3.73. The molecular formula is C15H14N2O2. The molecule has 4 nitrogen and oxygen atoms in total. The Kier molecular flexibility index (Phi) is 2.83. The van der Waals surface area contributed by atoms with Gasteiger partial charge in [-0.05, 0) is 29.8 Å². The van der Waals surface area contributed by atoms with Gasteiger partial charge in [0.1, 0.15) is 5.65 Å². The van der Waals surface area contributed by atoms with E-state index in [2.05, 4.69) is 16.0 Å². The van der Waals surface area contributed by atoms with Gasteiger partial charge in [-0.2, -0.15) is 0 Å². The SMILES string of the molecule is COc1ccc(-c2cnc3[nH]ccc3c2)cc1OC. The van der Waals surface area contributed by atoms with Crippen molar-refractivity contribution in [3.8, 4) is 22.6 Å². The minimum absolute atomic E-state index is 0.717. The van der Waals surface area contributed by atoms with Crippen LogP contribution in [0, 0.1) is 0 Å². The number of methoxy groups -OCH3 is 2. The number of ether oxygens (including phenoxy) is 2. The first-order valence-corrected chi connectivity index (χ1v) is 5.97. The highest BCUT2D eigenvalue weighted by Gasteiger charge is 2.07. The molecule has 0 aliphatic carbocycles. The molecule has 0 spiro atoms. The average molecular weight is 254 g/mol. The molecule has 0 aliphatic rings. The first-order chi connectivity index (χ1) is 9.31. The molecule has 0 atom stereocenters. The maximum absolute atomic E-state index is 5.32. The molecule has 0 amide bonds. The fourth-order valence-electron chi connectivity index (χ4n) is 2.11. The van der Waals surface area contributed by atoms with Crippen LogP contribution in [0.2, 0.25) is 0 Å². The Bertz CT molecular complexity index is 719. The molecule has 3 rings (SSSR count). The predicted octanol–water partition coefficient (Wildman–Crippen LogP) is 3.25. The van der Waals surface area contributed by atoms with Crippen molar-refractivity contribution in [1.29, 1.82) is 0 Å². The largest absolute Gasteiger partial charge is 0.493 e. The Balaban J connectivity index is 2.09. The highest BCUT2D eigenvalue weighted by atomic mass is 16.5. The van der Waals surface area contributed by atoms with Crippen LogP contribution in [0.3, 0.4) is 0 Å². The van der Waals surface area contributed by atoms with E-state index in [-0.39, 0.29) is 0 Å². The van der Waals surface area contributed by atoms with Gasteiger partial charge in [0.15, 0.2) is 11.5 Å². The lowest BCUT2D eigenvalue weighted by Crippen LogP contribution is -1.91. The number of rotatable bonds is 3. The van der Waals surface area contributed by atoms with Crippen molar-refractivity contribution >= 4 is 11.0 Å². The quantitative estimate of drug-likeness (QED) is 0.780. The number of pyridine rings is 1. The lowest BCUT2D eigenvalue weighted by Gasteiger charge is -2.09. The highest BCUT2D eigenvalue weighted by molar-refractivity contribution is 5.81. The second kappa shape index (κ2) is 4.65. The molecule has 2 heterocycles. The monoisotopic (exact) mass is 254 g/mol. The summed E-state index contributed by atoms with van der Waals surface area (Å²) >= 11 is 0. The second-order valence-electron chi connectivity index (χ2n) is 4.21. The van der Waals surface area contributed by atoms with E-state index < -0.39 is 0 Å². The Morgan fingerprint density at radius 2 is 1.79 bits per heavy atom. The number of fused-ring (bicyclic) bond motifs is 1. The molecule has 0 radical (unpaired) electrons. The van der Waals surface area contributed by atoms with E-state index in [1.165, 1.54) is 0 Å². The van der Waals surface area contributed by atoms with Crippen LogP contribution in [0.15, 0.2) is 42.7 Å². The minimum Gasteiger partial charge on any atom is -0.493 e. The zero-order valence-corrected chi connectivity index (χ0v) is 10.8. The van der Waals surface area contributed by atoms with Crippen molar-refractivity contribution in [2.75, 3.05) is 14.2 Å². The van der Waals surface area contributed by atoms with Gasteiger partial charge in [0.2, 0.25) is 0 Å². The summed E-state index contributed by atoms with van der Waals surface area (Å²) < 4.78 is 10.6. The Hall–Kier alpha value is -2.49. The third kappa shape index (κ3) is 2.01. The van der Waals surface area contributed by atoms with E-state index in [4.69, 9.17) is 9.47 Å². The summed E-state index contributed by atoms with van der Waals surface area (Å²) in [6.45, 7) is 0. The Morgan fingerprint density at radius 1 is 0.947 bits per heavy atom. The van der Waals surface area contributed by atoms with Crippen LogP contribution in [0.4, 0.5) is 0 Å². The number of aromatic amines is 1. The Morgan fingerprint density at radius 3 is 2.58 bits per heavy atom. The smallest absolute Gasteiger partial charge is 0.161 e. The van der Waals surface area contributed by atoms with E-state index in [1.807, 2.05) is 36.7 Å². The van der Waals surface area contributed by atoms with Crippen LogP contribution >= 0.6 is 0 Å². The summed E-state index contributed by atoms with van der Waals surface area (Å²) in [5.41, 5.74) is 2.99. The number of nitrogens with zero attached hydrogens (tertiary/aromatic N) is 1. The van der Waals surface area contributed by atoms with Gasteiger partial charge in [-0.1, -0.05) is 6.07 Å². The van der Waals surface area contributed by atoms with E-state index in [1.54, 1.807) is 14.2 Å². The molecule has 1 N–H and O–H groups in total. The molecule has 0 bridgehead atoms. The van der Waals surface area contributed by atoms with Crippen LogP contribution in [0.5, 0.6) is 11.5 Å². The molecule has 19 heavy (non-hydrogen) atoms. The van der Waals surface area contributed by atoms with Gasteiger partial charge < -0.3 is 14.5 Å². The average Bonchev–Trinajstić information content (AvgIpc) is 2.93. The fraction of sp³-hybridized carbons (Fsp3) is 0.133. The third-order valence-electron chi connectivity index (χ3n) is 3.12. The van der Waals surface area contributed by atoms with Gasteiger partial charge in [-0.3, -0.25) is 0 Å². The zero-order valence-electron chi connectivity index (χ0n) is 10.8. The first kappa shape index (κ1) is 11.6. The summed E-state index contributed by atoms with van der Waals surface area (Å²) in [6, 6.07) is 9.95. The third-order valence-corrected chi connectivity index (χ3v) is 3.12. The molecule has 0 unspecified atom stereocenters. The molecule has 0 aliphatic heterocycles. The lowest BCUT2D eigenvalue weighted by molar-refractivity contribution is 0.355. The topological polar surface area (TPSA) is 47.1 Å². The van der Waals surface area contributed by atoms with Crippen molar-refractivity contribution in [3.63, 3.8) is 0 Å². The van der Waals surface area contributed by atoms with Crippen LogP contribution in [-0.4, -0.2) is 24.2 Å². The molecule has 4 heteroatoms. The van der Waals surface area contributed by atoms with E-state index >= 15 is 0 Å². The normalized spacial score (nSPS) is 10.6. The fourth-order valence-corrected chi connectivity index (χ4v) is 2.11. The number of hydrogen-bond acceptors (Lipinski definition) is 3. The Labute approximate surface area is 111 Å². The van der Waals surface area contributed by atoms with Gasteiger partial charge in [-0.25, -0.2) is 4.98 Å². The van der Waals surface area contributed by atoms with Gasteiger partial charge >= 0.3 is 0 Å². The van der Waals surface area contributed by atoms with Crippen LogP contribution in [0.25, 0.3) is 22.2 Å². The molecule has 96 valence electrons. The maximum atomic E-state index is 5.32. The van der Waals surface area contributed by atoms with Crippen LogP contribution in [-0.2, 0) is 0 Å². The van der Waals surface area contributed by atoms with E-state index in [9.17, 15) is 0 Å². The zero-order chi connectivity index (χ0) is 13.2. The van der Waals surface area contributed by atoms with Gasteiger partial charge in [0.05, 0.1) is 14.2 Å². The summed E-state index contributed by atoms with van der Waals surface area (Å²) in [7, 11) is 3.26. The van der Waals surface area contributed by atoms with Gasteiger partial charge in [0.25, 0.3) is 0 Å². The molecule has 0 saturated carbocycles. The molecule has 0 saturated heterocycles. The van der Waals surface area contributed by atoms with Crippen molar-refractivity contribution in [2.45, 2.75) is 0 Å². The first-order valence-electron chi connectivity index (χ1n) is 5.97. The van der Waals surface area contributed by atoms with Crippen molar-refractivity contribution in [1.82, 2.24) is 9.97 Å². The molecule has 2 aromatic heterocycles. The lowest BCUT2D eigenvalue weighted by atomic mass is 10.1. The van der Waals surface area contributed by atoms with Crippen LogP contribution < -0.4 is 9.47 Å². The van der Waals surface area contributed by atoms with Gasteiger partial charge in [-0.15, -0.1) is 0 Å². The number of aromatic nitrogens is 2. The molecule has 0 fully saturated rings. The van der Waals surface area contributed by atoms with Crippen LogP contribution in [0.1, 0.15) is 0 Å². The summed E-state index contributed by atoms with van der Waals surface area (Å²) in [4.78, 5) is 7.47. The van der Waals surface area contributed by atoms with E-state index in [0.29, 0.717) is 5.75 Å². The predicted molar refractivity (Wildman–Crippen MR) is 74.6 cm³/mol. The number of hydrogen-bond donors (Lipinski definition) is 1. The maximum Gasteiger partial charge on any atom is 0.161 e. The minimum atomic E-state index is 0.717. The van der Waals surface area contributed by atoms with Crippen molar-refractivity contribution in [2.24, 2.45) is 0 Å². The molecule has 3 aromatic rings. The van der Waals surface area contributed by atoms with Gasteiger partial charge in [0, 0.05) is 23.3 Å². The van der Waals surface area contributed by atoms with Crippen molar-refractivity contribution in [3.05, 3.63) is 42.7 Å². The van der Waals surface area contributed by atoms with E-state index in [0.717, 1.165) is 27.9 Å². The molecular weight excluding hydrogens is 240 g/mol. The summed E-state index contributed by atoms with van der Waals surface area (Å²) in [5.74, 6) is 1.44. The highest BCUT2D eigenvalue weighted by Crippen LogP contribution is 2.32. The number of nitrogens with one attached hydrogen (secondary N) is 1. The molecule has 1 aromatic carbocycles.